The first-order valence-electron chi connectivity index (χ1n) is 10.7. The normalized spacial score (nSPS) is 29.4. The van der Waals surface area contributed by atoms with E-state index in [2.05, 4.69) is 10.6 Å². The molecule has 3 aliphatic rings. The first-order valence-corrected chi connectivity index (χ1v) is 10.7. The summed E-state index contributed by atoms with van der Waals surface area (Å²) in [7, 11) is 0. The molecule has 2 saturated heterocycles. The van der Waals surface area contributed by atoms with Gasteiger partial charge in [-0.2, -0.15) is 0 Å². The van der Waals surface area contributed by atoms with Crippen LogP contribution < -0.4 is 10.6 Å². The maximum Gasteiger partial charge on any atom is 0.250 e. The molecule has 6 heteroatoms. The third-order valence-electron chi connectivity index (χ3n) is 6.75. The van der Waals surface area contributed by atoms with Crippen LogP contribution in [0.1, 0.15) is 30.9 Å². The number of hydrogen-bond acceptors (Lipinski definition) is 4. The largest absolute Gasteiger partial charge is 0.324 e. The van der Waals surface area contributed by atoms with Crippen molar-refractivity contribution in [3.8, 4) is 0 Å². The van der Waals surface area contributed by atoms with Crippen molar-refractivity contribution in [2.24, 2.45) is 11.8 Å². The number of fused-ring (bicyclic) bond motifs is 4. The van der Waals surface area contributed by atoms with Gasteiger partial charge >= 0.3 is 0 Å². The predicted molar refractivity (Wildman–Crippen MR) is 112 cm³/mol. The number of hydrogen-bond donors (Lipinski definition) is 2. The first-order chi connectivity index (χ1) is 14.6. The first kappa shape index (κ1) is 19.0. The Labute approximate surface area is 175 Å². The number of unbranched alkanes of at least 4 members (excludes halogenated alkanes) is 1. The van der Waals surface area contributed by atoms with E-state index < -0.39 is 17.4 Å². The molecule has 2 unspecified atom stereocenters. The van der Waals surface area contributed by atoms with Gasteiger partial charge in [-0.15, -0.1) is 0 Å². The van der Waals surface area contributed by atoms with Crippen LogP contribution in [-0.2, 0) is 26.3 Å². The lowest BCUT2D eigenvalue weighted by Crippen LogP contribution is -2.53. The number of amides is 3. The van der Waals surface area contributed by atoms with Gasteiger partial charge < -0.3 is 5.32 Å². The maximum atomic E-state index is 13.5. The van der Waals surface area contributed by atoms with E-state index in [0.29, 0.717) is 18.7 Å². The van der Waals surface area contributed by atoms with E-state index in [1.165, 1.54) is 4.90 Å². The highest BCUT2D eigenvalue weighted by Gasteiger charge is 2.70. The molecular formula is C24H25N3O3. The number of nitrogens with one attached hydrogen (secondary N) is 2. The van der Waals surface area contributed by atoms with Crippen LogP contribution in [0, 0.1) is 11.8 Å². The van der Waals surface area contributed by atoms with Crippen molar-refractivity contribution in [2.45, 2.75) is 37.8 Å². The Morgan fingerprint density at radius 1 is 0.967 bits per heavy atom. The molecule has 154 valence electrons. The monoisotopic (exact) mass is 403 g/mol. The van der Waals surface area contributed by atoms with E-state index in [0.717, 1.165) is 24.0 Å². The standard InChI is InChI=1S/C24H25N3O3/c1-2-3-13-27-21(28)19-18(14-15-9-5-4-6-10-15)26-24(20(19)22(27)29)16-11-7-8-12-17(16)25-23(24)30/h4-12,18-20,26H,2-3,13-14H2,1H3,(H,25,30)/t18?,19-,20+,24?/m1/s1. The topological polar surface area (TPSA) is 78.5 Å². The van der Waals surface area contributed by atoms with Crippen molar-refractivity contribution >= 4 is 23.4 Å². The Kier molecular flexibility index (Phi) is 4.47. The van der Waals surface area contributed by atoms with Gasteiger partial charge in [0.25, 0.3) is 0 Å². The fourth-order valence-corrected chi connectivity index (χ4v) is 5.40. The third-order valence-corrected chi connectivity index (χ3v) is 6.75. The number of para-hydroxylation sites is 1. The van der Waals surface area contributed by atoms with Gasteiger partial charge in [0.05, 0.1) is 11.8 Å². The van der Waals surface area contributed by atoms with Crippen LogP contribution in [0.2, 0.25) is 0 Å². The quantitative estimate of drug-likeness (QED) is 0.752. The molecule has 2 aromatic rings. The molecule has 3 aliphatic heterocycles. The molecule has 0 radical (unpaired) electrons. The highest BCUT2D eigenvalue weighted by molar-refractivity contribution is 6.15. The molecule has 6 nitrogen and oxygen atoms in total. The molecule has 0 bridgehead atoms. The fraction of sp³-hybridized carbons (Fsp3) is 0.375. The highest BCUT2D eigenvalue weighted by Crippen LogP contribution is 2.53. The number of carbonyl (C=O) groups is 3. The molecule has 3 amide bonds. The SMILES string of the molecule is CCCCN1C(=O)[C@@H]2C(Cc3ccccc3)NC3(C(=O)Nc4ccccc43)[C@@H]2C1=O. The van der Waals surface area contributed by atoms with Gasteiger partial charge in [0.1, 0.15) is 5.54 Å². The molecule has 0 aromatic heterocycles. The molecule has 3 heterocycles. The van der Waals surface area contributed by atoms with E-state index in [9.17, 15) is 14.4 Å². The summed E-state index contributed by atoms with van der Waals surface area (Å²) in [4.78, 5) is 41.6. The second-order valence-electron chi connectivity index (χ2n) is 8.43. The van der Waals surface area contributed by atoms with E-state index in [1.54, 1.807) is 0 Å². The van der Waals surface area contributed by atoms with E-state index in [1.807, 2.05) is 61.5 Å². The van der Waals surface area contributed by atoms with Gasteiger partial charge in [-0.1, -0.05) is 61.9 Å². The third kappa shape index (κ3) is 2.56. The molecule has 4 atom stereocenters. The lowest BCUT2D eigenvalue weighted by Gasteiger charge is -2.29. The molecule has 2 N–H and O–H groups in total. The molecule has 0 saturated carbocycles. The van der Waals surface area contributed by atoms with Gasteiger partial charge in [-0.25, -0.2) is 0 Å². The van der Waals surface area contributed by atoms with Crippen LogP contribution in [0.25, 0.3) is 0 Å². The van der Waals surface area contributed by atoms with Crippen molar-refractivity contribution in [3.05, 3.63) is 65.7 Å². The van der Waals surface area contributed by atoms with E-state index >= 15 is 0 Å². The number of carbonyl (C=O) groups excluding carboxylic acids is 3. The van der Waals surface area contributed by atoms with Crippen molar-refractivity contribution in [1.82, 2.24) is 10.2 Å². The molecule has 2 aromatic carbocycles. The minimum Gasteiger partial charge on any atom is -0.324 e. The number of benzene rings is 2. The number of likely N-dealkylation sites (tertiary alicyclic amines) is 1. The summed E-state index contributed by atoms with van der Waals surface area (Å²) in [6.07, 6.45) is 2.25. The Morgan fingerprint density at radius 2 is 1.70 bits per heavy atom. The van der Waals surface area contributed by atoms with Crippen molar-refractivity contribution in [2.75, 3.05) is 11.9 Å². The molecule has 5 rings (SSSR count). The van der Waals surface area contributed by atoms with Gasteiger partial charge in [0.2, 0.25) is 17.7 Å². The molecule has 2 fully saturated rings. The Morgan fingerprint density at radius 3 is 2.47 bits per heavy atom. The maximum absolute atomic E-state index is 13.5. The van der Waals surface area contributed by atoms with Crippen LogP contribution in [0.3, 0.4) is 0 Å². The highest BCUT2D eigenvalue weighted by atomic mass is 16.2. The molecule has 0 aliphatic carbocycles. The Balaban J connectivity index is 1.60. The van der Waals surface area contributed by atoms with Gasteiger partial charge in [-0.05, 0) is 24.5 Å². The van der Waals surface area contributed by atoms with Gasteiger partial charge in [0, 0.05) is 23.8 Å². The van der Waals surface area contributed by atoms with Crippen LogP contribution in [-0.4, -0.2) is 35.2 Å². The minimum atomic E-state index is -1.20. The van der Waals surface area contributed by atoms with Crippen molar-refractivity contribution < 1.29 is 14.4 Å². The van der Waals surface area contributed by atoms with Crippen molar-refractivity contribution in [1.29, 1.82) is 0 Å². The van der Waals surface area contributed by atoms with Crippen LogP contribution in [0.15, 0.2) is 54.6 Å². The summed E-state index contributed by atoms with van der Waals surface area (Å²) in [6, 6.07) is 17.1. The van der Waals surface area contributed by atoms with Crippen LogP contribution in [0.5, 0.6) is 0 Å². The van der Waals surface area contributed by atoms with Gasteiger partial charge in [-0.3, -0.25) is 24.6 Å². The number of rotatable bonds is 5. The zero-order chi connectivity index (χ0) is 20.9. The average molecular weight is 403 g/mol. The number of nitrogens with zero attached hydrogens (tertiary/aromatic N) is 1. The zero-order valence-corrected chi connectivity index (χ0v) is 16.9. The minimum absolute atomic E-state index is 0.152. The van der Waals surface area contributed by atoms with Crippen molar-refractivity contribution in [3.63, 3.8) is 0 Å². The second-order valence-corrected chi connectivity index (χ2v) is 8.43. The van der Waals surface area contributed by atoms with Crippen LogP contribution in [0.4, 0.5) is 5.69 Å². The predicted octanol–water partition coefficient (Wildman–Crippen LogP) is 2.45. The summed E-state index contributed by atoms with van der Waals surface area (Å²) < 4.78 is 0. The number of anilines is 1. The van der Waals surface area contributed by atoms with Crippen LogP contribution >= 0.6 is 0 Å². The molecular weight excluding hydrogens is 378 g/mol. The lowest BCUT2D eigenvalue weighted by molar-refractivity contribution is -0.142. The summed E-state index contributed by atoms with van der Waals surface area (Å²) in [6.45, 7) is 2.45. The summed E-state index contributed by atoms with van der Waals surface area (Å²) in [5.74, 6) is -1.90. The Hall–Kier alpha value is -2.99. The average Bonchev–Trinajstić information content (AvgIpc) is 3.33. The summed E-state index contributed by atoms with van der Waals surface area (Å²) >= 11 is 0. The van der Waals surface area contributed by atoms with Gasteiger partial charge in [0.15, 0.2) is 0 Å². The van der Waals surface area contributed by atoms with E-state index in [4.69, 9.17) is 0 Å². The Bertz CT molecular complexity index is 1020. The lowest BCUT2D eigenvalue weighted by atomic mass is 9.76. The van der Waals surface area contributed by atoms with E-state index in [-0.39, 0.29) is 23.8 Å². The fourth-order valence-electron chi connectivity index (χ4n) is 5.40. The smallest absolute Gasteiger partial charge is 0.250 e. The zero-order valence-electron chi connectivity index (χ0n) is 16.9. The number of imide groups is 1. The summed E-state index contributed by atoms with van der Waals surface area (Å²) in [5.41, 5.74) is 1.35. The second kappa shape index (κ2) is 7.06. The summed E-state index contributed by atoms with van der Waals surface area (Å²) in [5, 5.41) is 6.42. The molecule has 30 heavy (non-hydrogen) atoms. The molecule has 1 spiro atoms.